The summed E-state index contributed by atoms with van der Waals surface area (Å²) in [6.07, 6.45) is 0. The summed E-state index contributed by atoms with van der Waals surface area (Å²) in [5.74, 6) is -0.204. The van der Waals surface area contributed by atoms with E-state index < -0.39 is 0 Å². The van der Waals surface area contributed by atoms with Crippen LogP contribution in [0.1, 0.15) is 27.1 Å². The molecule has 94 valence electrons. The van der Waals surface area contributed by atoms with Crippen LogP contribution in [0.25, 0.3) is 0 Å². The molecule has 0 N–H and O–H groups in total. The summed E-state index contributed by atoms with van der Waals surface area (Å²) >= 11 is 6.99. The molecule has 0 fully saturated rings. The third kappa shape index (κ3) is 2.67. The van der Waals surface area contributed by atoms with Gasteiger partial charge in [0.1, 0.15) is 5.82 Å². The number of alkyl halides is 1. The first-order chi connectivity index (χ1) is 8.50. The zero-order chi connectivity index (χ0) is 13.3. The molecule has 2 rings (SSSR count). The van der Waals surface area contributed by atoms with Crippen molar-refractivity contribution in [3.8, 4) is 0 Å². The summed E-state index contributed by atoms with van der Waals surface area (Å²) < 4.78 is 14.7. The van der Waals surface area contributed by atoms with Crippen molar-refractivity contribution in [3.63, 3.8) is 0 Å². The smallest absolute Gasteiger partial charge is 0.129 e. The lowest BCUT2D eigenvalue weighted by Crippen LogP contribution is -1.99. The van der Waals surface area contributed by atoms with Gasteiger partial charge in [0.25, 0.3) is 0 Å². The maximum absolute atomic E-state index is 13.9. The molecule has 0 nitrogen and oxygen atoms in total. The van der Waals surface area contributed by atoms with E-state index in [1.54, 1.807) is 6.07 Å². The van der Waals surface area contributed by atoms with Gasteiger partial charge in [-0.1, -0.05) is 56.1 Å². The lowest BCUT2D eigenvalue weighted by molar-refractivity contribution is 0.612. The Bertz CT molecular complexity index is 558. The van der Waals surface area contributed by atoms with Crippen molar-refractivity contribution in [1.82, 2.24) is 0 Å². The van der Waals surface area contributed by atoms with Crippen LogP contribution in [-0.4, -0.2) is 0 Å². The summed E-state index contributed by atoms with van der Waals surface area (Å²) in [5, 5.41) is 0. The highest BCUT2D eigenvalue weighted by Crippen LogP contribution is 2.37. The van der Waals surface area contributed by atoms with Crippen molar-refractivity contribution in [3.05, 3.63) is 68.9 Å². The standard InChI is InChI=1S/C15H13Br2F/c1-9-6-7-11(8-10(9)2)15(17)14-12(16)4-3-5-13(14)18/h3-8,15H,1-2H3. The lowest BCUT2D eigenvalue weighted by Gasteiger charge is -2.15. The van der Waals surface area contributed by atoms with Crippen LogP contribution in [-0.2, 0) is 0 Å². The second-order valence-corrected chi connectivity index (χ2v) is 6.11. The van der Waals surface area contributed by atoms with Gasteiger partial charge in [0.15, 0.2) is 0 Å². The monoisotopic (exact) mass is 370 g/mol. The number of aryl methyl sites for hydroxylation is 2. The number of halogens is 3. The molecule has 0 saturated carbocycles. The molecule has 1 atom stereocenters. The minimum Gasteiger partial charge on any atom is -0.207 e. The average Bonchev–Trinajstić information content (AvgIpc) is 2.32. The topological polar surface area (TPSA) is 0 Å². The maximum atomic E-state index is 13.9. The van der Waals surface area contributed by atoms with E-state index >= 15 is 0 Å². The van der Waals surface area contributed by atoms with E-state index in [0.717, 1.165) is 10.0 Å². The van der Waals surface area contributed by atoms with Crippen molar-refractivity contribution in [2.24, 2.45) is 0 Å². The predicted molar refractivity (Wildman–Crippen MR) is 80.8 cm³/mol. The zero-order valence-corrected chi connectivity index (χ0v) is 13.3. The molecular weight excluding hydrogens is 359 g/mol. The molecule has 0 bridgehead atoms. The highest BCUT2D eigenvalue weighted by Gasteiger charge is 2.18. The first-order valence-corrected chi connectivity index (χ1v) is 7.36. The van der Waals surface area contributed by atoms with Crippen LogP contribution in [0.5, 0.6) is 0 Å². The molecule has 0 saturated heterocycles. The fourth-order valence-corrected chi connectivity index (χ4v) is 3.47. The Morgan fingerprint density at radius 2 is 1.78 bits per heavy atom. The lowest BCUT2D eigenvalue weighted by atomic mass is 10.00. The van der Waals surface area contributed by atoms with Gasteiger partial charge >= 0.3 is 0 Å². The van der Waals surface area contributed by atoms with Crippen molar-refractivity contribution < 1.29 is 4.39 Å². The third-order valence-corrected chi connectivity index (χ3v) is 4.75. The van der Waals surface area contributed by atoms with Gasteiger partial charge in [0.05, 0.1) is 4.83 Å². The van der Waals surface area contributed by atoms with Crippen molar-refractivity contribution in [2.75, 3.05) is 0 Å². The number of hydrogen-bond donors (Lipinski definition) is 0. The quantitative estimate of drug-likeness (QED) is 0.595. The molecule has 0 spiro atoms. The Morgan fingerprint density at radius 1 is 1.06 bits per heavy atom. The van der Waals surface area contributed by atoms with Gasteiger partial charge in [-0.25, -0.2) is 4.39 Å². The molecule has 2 aromatic carbocycles. The Morgan fingerprint density at radius 3 is 2.39 bits per heavy atom. The summed E-state index contributed by atoms with van der Waals surface area (Å²) in [5.41, 5.74) is 4.15. The third-order valence-electron chi connectivity index (χ3n) is 3.08. The van der Waals surface area contributed by atoms with Crippen LogP contribution < -0.4 is 0 Å². The highest BCUT2D eigenvalue weighted by atomic mass is 79.9. The molecule has 0 heterocycles. The molecule has 0 aliphatic rings. The number of rotatable bonds is 2. The van der Waals surface area contributed by atoms with Crippen LogP contribution >= 0.6 is 31.9 Å². The SMILES string of the molecule is Cc1ccc(C(Br)c2c(F)cccc2Br)cc1C. The molecule has 3 heteroatoms. The first-order valence-electron chi connectivity index (χ1n) is 5.66. The summed E-state index contributed by atoms with van der Waals surface area (Å²) in [6.45, 7) is 4.14. The maximum Gasteiger partial charge on any atom is 0.129 e. The second kappa shape index (κ2) is 5.54. The molecule has 0 radical (unpaired) electrons. The van der Waals surface area contributed by atoms with Gasteiger partial charge < -0.3 is 0 Å². The summed E-state index contributed by atoms with van der Waals surface area (Å²) in [4.78, 5) is -0.146. The largest absolute Gasteiger partial charge is 0.207 e. The van der Waals surface area contributed by atoms with Crippen LogP contribution in [0.2, 0.25) is 0 Å². The Balaban J connectivity index is 2.48. The fourth-order valence-electron chi connectivity index (χ4n) is 1.84. The molecule has 0 aliphatic carbocycles. The van der Waals surface area contributed by atoms with E-state index in [-0.39, 0.29) is 10.6 Å². The van der Waals surface area contributed by atoms with Gasteiger partial charge in [-0.3, -0.25) is 0 Å². The van der Waals surface area contributed by atoms with E-state index in [1.807, 2.05) is 12.1 Å². The Labute approximate surface area is 123 Å². The van der Waals surface area contributed by atoms with Crippen molar-refractivity contribution in [1.29, 1.82) is 0 Å². The van der Waals surface area contributed by atoms with Gasteiger partial charge in [0, 0.05) is 10.0 Å². The van der Waals surface area contributed by atoms with Gasteiger partial charge in [-0.2, -0.15) is 0 Å². The predicted octanol–water partition coefficient (Wildman–Crippen LogP) is 5.69. The molecule has 0 aliphatic heterocycles. The van der Waals surface area contributed by atoms with Crippen molar-refractivity contribution >= 4 is 31.9 Å². The van der Waals surface area contributed by atoms with Gasteiger partial charge in [0.2, 0.25) is 0 Å². The van der Waals surface area contributed by atoms with Crippen molar-refractivity contribution in [2.45, 2.75) is 18.7 Å². The average molecular weight is 372 g/mol. The molecule has 0 amide bonds. The van der Waals surface area contributed by atoms with E-state index in [4.69, 9.17) is 0 Å². The van der Waals surface area contributed by atoms with E-state index in [9.17, 15) is 4.39 Å². The van der Waals surface area contributed by atoms with Crippen LogP contribution in [0, 0.1) is 19.7 Å². The van der Waals surface area contributed by atoms with E-state index in [0.29, 0.717) is 5.56 Å². The Kier molecular flexibility index (Phi) is 4.23. The van der Waals surface area contributed by atoms with Gasteiger partial charge in [-0.05, 0) is 42.7 Å². The fraction of sp³-hybridized carbons (Fsp3) is 0.200. The zero-order valence-electron chi connectivity index (χ0n) is 10.2. The molecule has 2 aromatic rings. The van der Waals surface area contributed by atoms with Crippen LogP contribution in [0.3, 0.4) is 0 Å². The summed E-state index contributed by atoms with van der Waals surface area (Å²) in [7, 11) is 0. The van der Waals surface area contributed by atoms with Gasteiger partial charge in [-0.15, -0.1) is 0 Å². The molecule has 1 unspecified atom stereocenters. The number of benzene rings is 2. The van der Waals surface area contributed by atoms with Crippen LogP contribution in [0.4, 0.5) is 4.39 Å². The molecule has 0 aromatic heterocycles. The van der Waals surface area contributed by atoms with Crippen LogP contribution in [0.15, 0.2) is 40.9 Å². The highest BCUT2D eigenvalue weighted by molar-refractivity contribution is 9.11. The summed E-state index contributed by atoms with van der Waals surface area (Å²) in [6, 6.07) is 11.2. The molecular formula is C15H13Br2F. The number of hydrogen-bond acceptors (Lipinski definition) is 0. The Hall–Kier alpha value is -0.670. The van der Waals surface area contributed by atoms with E-state index in [2.05, 4.69) is 57.8 Å². The molecule has 18 heavy (non-hydrogen) atoms. The van der Waals surface area contributed by atoms with E-state index in [1.165, 1.54) is 17.2 Å². The second-order valence-electron chi connectivity index (χ2n) is 4.34. The first kappa shape index (κ1) is 13.8. The minimum absolute atomic E-state index is 0.146. The normalized spacial score (nSPS) is 12.5. The minimum atomic E-state index is -0.204.